The number of nitrogens with one attached hydrogen (secondary N) is 1. The highest BCUT2D eigenvalue weighted by atomic mass is 16.8. The van der Waals surface area contributed by atoms with E-state index < -0.39 is 0 Å². The Bertz CT molecular complexity index is 228. The molecule has 0 aliphatic carbocycles. The standard InChI is InChI=1S/C9H14N2O2/c1-12-10-11(13-2)8-9-6-4-3-5-7-9/h3-7,10H,8H2,1-2H3. The van der Waals surface area contributed by atoms with Crippen LogP contribution in [0.4, 0.5) is 0 Å². The second-order valence-electron chi connectivity index (χ2n) is 2.50. The molecule has 0 aromatic heterocycles. The molecule has 72 valence electrons. The van der Waals surface area contributed by atoms with Gasteiger partial charge in [0.15, 0.2) is 0 Å². The molecule has 0 bridgehead atoms. The van der Waals surface area contributed by atoms with E-state index in [0.717, 1.165) is 5.56 Å². The summed E-state index contributed by atoms with van der Waals surface area (Å²) in [5.41, 5.74) is 3.74. The molecule has 0 spiro atoms. The maximum absolute atomic E-state index is 4.99. The van der Waals surface area contributed by atoms with Gasteiger partial charge in [-0.15, -0.1) is 5.59 Å². The van der Waals surface area contributed by atoms with Crippen LogP contribution < -0.4 is 5.59 Å². The zero-order chi connectivity index (χ0) is 9.52. The average Bonchev–Trinajstić information content (AvgIpc) is 2.19. The maximum atomic E-state index is 4.99. The molecule has 0 saturated heterocycles. The lowest BCUT2D eigenvalue weighted by Gasteiger charge is -2.18. The molecule has 1 rings (SSSR count). The number of nitrogens with zero attached hydrogens (tertiary/aromatic N) is 1. The quantitative estimate of drug-likeness (QED) is 0.692. The molecular weight excluding hydrogens is 168 g/mol. The highest BCUT2D eigenvalue weighted by Gasteiger charge is 2.01. The number of rotatable bonds is 5. The molecule has 0 radical (unpaired) electrons. The topological polar surface area (TPSA) is 33.7 Å². The van der Waals surface area contributed by atoms with Crippen molar-refractivity contribution >= 4 is 0 Å². The first-order valence-corrected chi connectivity index (χ1v) is 4.01. The normalized spacial score (nSPS) is 10.7. The Kier molecular flexibility index (Phi) is 4.42. The van der Waals surface area contributed by atoms with Crippen molar-refractivity contribution < 1.29 is 9.68 Å². The first-order valence-electron chi connectivity index (χ1n) is 4.01. The smallest absolute Gasteiger partial charge is 0.0674 e. The third kappa shape index (κ3) is 3.52. The molecular formula is C9H14N2O2. The fourth-order valence-corrected chi connectivity index (χ4v) is 0.985. The van der Waals surface area contributed by atoms with Gasteiger partial charge in [-0.3, -0.25) is 9.68 Å². The highest BCUT2D eigenvalue weighted by Crippen LogP contribution is 2.01. The van der Waals surface area contributed by atoms with Crippen molar-refractivity contribution in [1.82, 2.24) is 10.8 Å². The van der Waals surface area contributed by atoms with Crippen molar-refractivity contribution in [1.29, 1.82) is 0 Å². The molecule has 0 aliphatic rings. The van der Waals surface area contributed by atoms with E-state index in [1.54, 1.807) is 7.11 Å². The van der Waals surface area contributed by atoms with E-state index in [2.05, 4.69) is 5.59 Å². The molecule has 0 heterocycles. The van der Waals surface area contributed by atoms with E-state index in [0.29, 0.717) is 6.54 Å². The summed E-state index contributed by atoms with van der Waals surface area (Å²) in [7, 11) is 3.12. The lowest BCUT2D eigenvalue weighted by molar-refractivity contribution is -0.255. The predicted octanol–water partition coefficient (Wildman–Crippen LogP) is 1.12. The summed E-state index contributed by atoms with van der Waals surface area (Å²) in [4.78, 5) is 9.71. The van der Waals surface area contributed by atoms with Crippen LogP contribution in [0, 0.1) is 0 Å². The first-order chi connectivity index (χ1) is 6.36. The summed E-state index contributed by atoms with van der Waals surface area (Å²) in [6, 6.07) is 9.98. The van der Waals surface area contributed by atoms with Crippen molar-refractivity contribution in [3.8, 4) is 0 Å². The van der Waals surface area contributed by atoms with Gasteiger partial charge in [0.1, 0.15) is 0 Å². The molecule has 1 aromatic rings. The Balaban J connectivity index is 2.46. The van der Waals surface area contributed by atoms with Crippen LogP contribution in [0.15, 0.2) is 30.3 Å². The van der Waals surface area contributed by atoms with E-state index >= 15 is 0 Å². The number of hydrogen-bond donors (Lipinski definition) is 1. The fourth-order valence-electron chi connectivity index (χ4n) is 0.985. The van der Waals surface area contributed by atoms with Crippen molar-refractivity contribution in [2.75, 3.05) is 14.2 Å². The summed E-state index contributed by atoms with van der Waals surface area (Å²) < 4.78 is 0. The van der Waals surface area contributed by atoms with Gasteiger partial charge in [-0.1, -0.05) is 35.5 Å². The van der Waals surface area contributed by atoms with Crippen LogP contribution in [0.1, 0.15) is 5.56 Å². The zero-order valence-electron chi connectivity index (χ0n) is 7.86. The van der Waals surface area contributed by atoms with Crippen LogP contribution in [0.3, 0.4) is 0 Å². The molecule has 0 fully saturated rings. The minimum atomic E-state index is 0.630. The van der Waals surface area contributed by atoms with E-state index in [4.69, 9.17) is 9.68 Å². The summed E-state index contributed by atoms with van der Waals surface area (Å²) in [5, 5.41) is 1.50. The van der Waals surface area contributed by atoms with Crippen LogP contribution in [-0.2, 0) is 16.2 Å². The number of benzene rings is 1. The van der Waals surface area contributed by atoms with Gasteiger partial charge < -0.3 is 0 Å². The van der Waals surface area contributed by atoms with E-state index in [-0.39, 0.29) is 0 Å². The van der Waals surface area contributed by atoms with E-state index in [1.807, 2.05) is 30.3 Å². The van der Waals surface area contributed by atoms with Gasteiger partial charge in [-0.05, 0) is 5.56 Å². The molecule has 4 heteroatoms. The van der Waals surface area contributed by atoms with Gasteiger partial charge in [0.2, 0.25) is 0 Å². The Morgan fingerprint density at radius 2 is 1.92 bits per heavy atom. The molecule has 4 nitrogen and oxygen atoms in total. The first kappa shape index (κ1) is 10.1. The third-order valence-electron chi connectivity index (χ3n) is 1.58. The summed E-state index contributed by atoms with van der Waals surface area (Å²) >= 11 is 0. The molecule has 13 heavy (non-hydrogen) atoms. The summed E-state index contributed by atoms with van der Waals surface area (Å²) in [6.07, 6.45) is 0. The van der Waals surface area contributed by atoms with Crippen LogP contribution in [-0.4, -0.2) is 19.4 Å². The highest BCUT2D eigenvalue weighted by molar-refractivity contribution is 5.13. The van der Waals surface area contributed by atoms with E-state index in [9.17, 15) is 0 Å². The van der Waals surface area contributed by atoms with Gasteiger partial charge >= 0.3 is 0 Å². The zero-order valence-corrected chi connectivity index (χ0v) is 7.86. The number of hydroxylamine groups is 1. The monoisotopic (exact) mass is 182 g/mol. The Morgan fingerprint density at radius 1 is 1.23 bits per heavy atom. The van der Waals surface area contributed by atoms with Crippen LogP contribution in [0.25, 0.3) is 0 Å². The Labute approximate surface area is 77.9 Å². The minimum absolute atomic E-state index is 0.630. The second-order valence-corrected chi connectivity index (χ2v) is 2.50. The van der Waals surface area contributed by atoms with Gasteiger partial charge in [-0.25, -0.2) is 0 Å². The summed E-state index contributed by atoms with van der Waals surface area (Å²) in [5.74, 6) is 0. The van der Waals surface area contributed by atoms with Crippen molar-refractivity contribution in [2.45, 2.75) is 6.54 Å². The van der Waals surface area contributed by atoms with Gasteiger partial charge in [-0.2, -0.15) is 0 Å². The number of hydrogen-bond acceptors (Lipinski definition) is 4. The SMILES string of the molecule is CONN(Cc1ccccc1)OC. The lowest BCUT2D eigenvalue weighted by Crippen LogP contribution is -2.35. The average molecular weight is 182 g/mol. The lowest BCUT2D eigenvalue weighted by atomic mass is 10.2. The maximum Gasteiger partial charge on any atom is 0.0674 e. The Hall–Kier alpha value is -0.940. The van der Waals surface area contributed by atoms with E-state index in [1.165, 1.54) is 12.3 Å². The van der Waals surface area contributed by atoms with Crippen molar-refractivity contribution in [2.24, 2.45) is 0 Å². The van der Waals surface area contributed by atoms with Gasteiger partial charge in [0.05, 0.1) is 20.8 Å². The minimum Gasteiger partial charge on any atom is -0.288 e. The largest absolute Gasteiger partial charge is 0.288 e. The fraction of sp³-hybridized carbons (Fsp3) is 0.333. The Morgan fingerprint density at radius 3 is 2.46 bits per heavy atom. The molecule has 1 N–H and O–H groups in total. The van der Waals surface area contributed by atoms with Crippen LogP contribution in [0.2, 0.25) is 0 Å². The molecule has 0 atom stereocenters. The predicted molar refractivity (Wildman–Crippen MR) is 49.1 cm³/mol. The molecule has 0 amide bonds. The third-order valence-corrected chi connectivity index (χ3v) is 1.58. The number of hydrazine groups is 1. The van der Waals surface area contributed by atoms with Crippen LogP contribution >= 0.6 is 0 Å². The van der Waals surface area contributed by atoms with Gasteiger partial charge in [0.25, 0.3) is 0 Å². The summed E-state index contributed by atoms with van der Waals surface area (Å²) in [6.45, 7) is 0.630. The van der Waals surface area contributed by atoms with Gasteiger partial charge in [0, 0.05) is 0 Å². The second kappa shape index (κ2) is 5.66. The molecule has 0 saturated carbocycles. The van der Waals surface area contributed by atoms with Crippen molar-refractivity contribution in [3.05, 3.63) is 35.9 Å². The molecule has 0 aliphatic heterocycles. The van der Waals surface area contributed by atoms with Crippen molar-refractivity contribution in [3.63, 3.8) is 0 Å². The molecule has 0 unspecified atom stereocenters. The van der Waals surface area contributed by atoms with Crippen LogP contribution in [0.5, 0.6) is 0 Å². The molecule has 1 aromatic carbocycles.